The Hall–Kier alpha value is -1.31. The number of carbonyl (C=O) groups is 1. The predicted molar refractivity (Wildman–Crippen MR) is 58.6 cm³/mol. The molecule has 2 nitrogen and oxygen atoms in total. The van der Waals surface area contributed by atoms with Gasteiger partial charge in [-0.2, -0.15) is 0 Å². The number of carbonyl (C=O) groups excluding carboxylic acids is 1. The van der Waals surface area contributed by atoms with Crippen LogP contribution in [-0.2, 0) is 4.79 Å². The van der Waals surface area contributed by atoms with Crippen molar-refractivity contribution >= 4 is 5.91 Å². The van der Waals surface area contributed by atoms with E-state index in [9.17, 15) is 4.79 Å². The van der Waals surface area contributed by atoms with Crippen molar-refractivity contribution in [1.29, 1.82) is 0 Å². The molecule has 1 rings (SSSR count). The van der Waals surface area contributed by atoms with Gasteiger partial charge in [0, 0.05) is 18.0 Å². The van der Waals surface area contributed by atoms with E-state index in [1.54, 1.807) is 0 Å². The second-order valence-electron chi connectivity index (χ2n) is 4.27. The number of rotatable bonds is 1. The Morgan fingerprint density at radius 2 is 1.86 bits per heavy atom. The SMILES string of the molecule is CC(=O)NC1=C(C)C=CC(C)(C)C=C1. The van der Waals surface area contributed by atoms with E-state index < -0.39 is 0 Å². The van der Waals surface area contributed by atoms with Gasteiger partial charge in [-0.05, 0) is 18.6 Å². The van der Waals surface area contributed by atoms with Crippen molar-refractivity contribution in [2.45, 2.75) is 27.7 Å². The van der Waals surface area contributed by atoms with Gasteiger partial charge in [0.25, 0.3) is 0 Å². The fraction of sp³-hybridized carbons (Fsp3) is 0.417. The molecular formula is C12H17NO. The molecule has 1 N–H and O–H groups in total. The van der Waals surface area contributed by atoms with Crippen LogP contribution in [0.5, 0.6) is 0 Å². The first-order valence-electron chi connectivity index (χ1n) is 4.78. The summed E-state index contributed by atoms with van der Waals surface area (Å²) in [5.74, 6) is -0.0305. The van der Waals surface area contributed by atoms with Crippen molar-refractivity contribution in [3.05, 3.63) is 35.6 Å². The number of nitrogens with one attached hydrogen (secondary N) is 1. The summed E-state index contributed by atoms with van der Waals surface area (Å²) in [6.07, 6.45) is 8.24. The minimum Gasteiger partial charge on any atom is -0.326 e. The Kier molecular flexibility index (Phi) is 2.94. The summed E-state index contributed by atoms with van der Waals surface area (Å²) in [5, 5.41) is 2.81. The lowest BCUT2D eigenvalue weighted by Gasteiger charge is -2.12. The van der Waals surface area contributed by atoms with E-state index in [2.05, 4.69) is 31.3 Å². The third kappa shape index (κ3) is 2.87. The van der Waals surface area contributed by atoms with Crippen LogP contribution < -0.4 is 5.32 Å². The van der Waals surface area contributed by atoms with E-state index in [-0.39, 0.29) is 11.3 Å². The minimum absolute atomic E-state index is 0.0305. The summed E-state index contributed by atoms with van der Waals surface area (Å²) in [5.41, 5.74) is 2.03. The monoisotopic (exact) mass is 191 g/mol. The Balaban J connectivity index is 2.95. The summed E-state index contributed by atoms with van der Waals surface area (Å²) in [6, 6.07) is 0. The van der Waals surface area contributed by atoms with E-state index >= 15 is 0 Å². The van der Waals surface area contributed by atoms with Gasteiger partial charge in [-0.25, -0.2) is 0 Å². The summed E-state index contributed by atoms with van der Waals surface area (Å²) in [7, 11) is 0. The molecule has 1 aliphatic carbocycles. The average Bonchev–Trinajstić information content (AvgIpc) is 2.17. The topological polar surface area (TPSA) is 29.1 Å². The van der Waals surface area contributed by atoms with Crippen LogP contribution >= 0.6 is 0 Å². The normalized spacial score (nSPS) is 19.4. The summed E-state index contributed by atoms with van der Waals surface area (Å²) >= 11 is 0. The molecule has 14 heavy (non-hydrogen) atoms. The lowest BCUT2D eigenvalue weighted by atomic mass is 9.93. The first-order valence-corrected chi connectivity index (χ1v) is 4.78. The van der Waals surface area contributed by atoms with E-state index in [0.29, 0.717) is 0 Å². The van der Waals surface area contributed by atoms with Crippen LogP contribution in [0.15, 0.2) is 35.6 Å². The zero-order valence-electron chi connectivity index (χ0n) is 9.22. The number of amides is 1. The van der Waals surface area contributed by atoms with Crippen molar-refractivity contribution in [3.63, 3.8) is 0 Å². The minimum atomic E-state index is -0.0305. The molecule has 0 saturated heterocycles. The van der Waals surface area contributed by atoms with E-state index in [1.807, 2.05) is 19.1 Å². The molecule has 0 spiro atoms. The zero-order valence-corrected chi connectivity index (χ0v) is 9.22. The standard InChI is InChI=1S/C12H17NO/c1-9-5-7-12(3,4)8-6-11(9)13-10(2)14/h5-8H,1-4H3,(H,13,14). The van der Waals surface area contributed by atoms with E-state index in [4.69, 9.17) is 0 Å². The van der Waals surface area contributed by atoms with E-state index in [0.717, 1.165) is 11.3 Å². The Labute approximate surface area is 85.4 Å². The highest BCUT2D eigenvalue weighted by molar-refractivity contribution is 5.76. The molecule has 0 radical (unpaired) electrons. The van der Waals surface area contributed by atoms with Crippen LogP contribution in [0.25, 0.3) is 0 Å². The van der Waals surface area contributed by atoms with Gasteiger partial charge >= 0.3 is 0 Å². The van der Waals surface area contributed by atoms with Crippen molar-refractivity contribution in [2.75, 3.05) is 0 Å². The van der Waals surface area contributed by atoms with Gasteiger partial charge in [0.1, 0.15) is 0 Å². The first-order chi connectivity index (χ1) is 6.41. The van der Waals surface area contributed by atoms with Gasteiger partial charge in [-0.1, -0.05) is 32.1 Å². The smallest absolute Gasteiger partial charge is 0.221 e. The second-order valence-corrected chi connectivity index (χ2v) is 4.27. The highest BCUT2D eigenvalue weighted by atomic mass is 16.1. The van der Waals surface area contributed by atoms with Crippen molar-refractivity contribution in [2.24, 2.45) is 5.41 Å². The fourth-order valence-electron chi connectivity index (χ4n) is 1.24. The Bertz CT molecular complexity index is 332. The molecule has 1 amide bonds. The van der Waals surface area contributed by atoms with Crippen molar-refractivity contribution < 1.29 is 4.79 Å². The van der Waals surface area contributed by atoms with E-state index in [1.165, 1.54) is 6.92 Å². The second kappa shape index (κ2) is 3.82. The quantitative estimate of drug-likeness (QED) is 0.678. The fourth-order valence-corrected chi connectivity index (χ4v) is 1.24. The molecule has 0 atom stereocenters. The molecule has 0 aromatic rings. The molecule has 0 aromatic carbocycles. The van der Waals surface area contributed by atoms with Crippen LogP contribution in [0, 0.1) is 5.41 Å². The molecule has 0 aromatic heterocycles. The number of hydrogen-bond acceptors (Lipinski definition) is 1. The maximum atomic E-state index is 10.9. The largest absolute Gasteiger partial charge is 0.326 e. The molecule has 1 aliphatic rings. The van der Waals surface area contributed by atoms with Crippen LogP contribution in [0.1, 0.15) is 27.7 Å². The molecule has 0 fully saturated rings. The van der Waals surface area contributed by atoms with Crippen LogP contribution in [-0.4, -0.2) is 5.91 Å². The number of allylic oxidation sites excluding steroid dienone is 5. The maximum absolute atomic E-state index is 10.9. The molecule has 0 aliphatic heterocycles. The molecule has 0 heterocycles. The predicted octanol–water partition coefficient (Wildman–Crippen LogP) is 2.55. The van der Waals surface area contributed by atoms with Gasteiger partial charge in [0.2, 0.25) is 5.91 Å². The van der Waals surface area contributed by atoms with Gasteiger partial charge in [0.15, 0.2) is 0 Å². The molecule has 76 valence electrons. The van der Waals surface area contributed by atoms with Crippen LogP contribution in [0.2, 0.25) is 0 Å². The third-order valence-electron chi connectivity index (χ3n) is 2.18. The molecule has 2 heteroatoms. The lowest BCUT2D eigenvalue weighted by Crippen LogP contribution is -2.18. The first kappa shape index (κ1) is 10.8. The highest BCUT2D eigenvalue weighted by Crippen LogP contribution is 2.24. The summed E-state index contributed by atoms with van der Waals surface area (Å²) < 4.78 is 0. The van der Waals surface area contributed by atoms with Crippen molar-refractivity contribution in [1.82, 2.24) is 5.32 Å². The van der Waals surface area contributed by atoms with Gasteiger partial charge in [-0.3, -0.25) is 4.79 Å². The van der Waals surface area contributed by atoms with Crippen LogP contribution in [0.3, 0.4) is 0 Å². The van der Waals surface area contributed by atoms with Gasteiger partial charge < -0.3 is 5.32 Å². The maximum Gasteiger partial charge on any atom is 0.221 e. The summed E-state index contributed by atoms with van der Waals surface area (Å²) in [6.45, 7) is 7.77. The average molecular weight is 191 g/mol. The Morgan fingerprint density at radius 3 is 2.43 bits per heavy atom. The summed E-state index contributed by atoms with van der Waals surface area (Å²) in [4.78, 5) is 10.9. The van der Waals surface area contributed by atoms with Gasteiger partial charge in [-0.15, -0.1) is 0 Å². The zero-order chi connectivity index (χ0) is 10.8. The molecule has 0 unspecified atom stereocenters. The number of hydrogen-bond donors (Lipinski definition) is 1. The molecule has 0 bridgehead atoms. The molecule has 0 saturated carbocycles. The van der Waals surface area contributed by atoms with Crippen molar-refractivity contribution in [3.8, 4) is 0 Å². The highest BCUT2D eigenvalue weighted by Gasteiger charge is 2.12. The molecular weight excluding hydrogens is 174 g/mol. The Morgan fingerprint density at radius 1 is 1.29 bits per heavy atom. The van der Waals surface area contributed by atoms with Crippen LogP contribution in [0.4, 0.5) is 0 Å². The lowest BCUT2D eigenvalue weighted by molar-refractivity contribution is -0.118. The third-order valence-corrected chi connectivity index (χ3v) is 2.18. The van der Waals surface area contributed by atoms with Gasteiger partial charge in [0.05, 0.1) is 0 Å².